The van der Waals surface area contributed by atoms with Gasteiger partial charge in [0.1, 0.15) is 0 Å². The highest BCUT2D eigenvalue weighted by Crippen LogP contribution is 2.46. The monoisotopic (exact) mass is 267 g/mol. The maximum absolute atomic E-state index is 11.6. The van der Waals surface area contributed by atoms with Gasteiger partial charge in [-0.25, -0.2) is 0 Å². The largest absolute Gasteiger partial charge is 0.369 e. The van der Waals surface area contributed by atoms with E-state index in [-0.39, 0.29) is 11.8 Å². The minimum Gasteiger partial charge on any atom is -0.369 e. The molecule has 0 aromatic heterocycles. The van der Waals surface area contributed by atoms with Gasteiger partial charge in [0, 0.05) is 24.7 Å². The Balaban J connectivity index is 1.83. The third-order valence-corrected chi connectivity index (χ3v) is 4.78. The number of carbonyl (C=O) groups is 1. The van der Waals surface area contributed by atoms with Crippen molar-refractivity contribution in [2.75, 3.05) is 13.6 Å². The van der Waals surface area contributed by atoms with Crippen molar-refractivity contribution in [1.82, 2.24) is 4.90 Å². The van der Waals surface area contributed by atoms with E-state index in [1.54, 1.807) is 0 Å². The summed E-state index contributed by atoms with van der Waals surface area (Å²) < 4.78 is 0. The molecular formula is C16H17N3O. The van der Waals surface area contributed by atoms with Gasteiger partial charge in [0.2, 0.25) is 5.91 Å². The van der Waals surface area contributed by atoms with Crippen LogP contribution >= 0.6 is 0 Å². The van der Waals surface area contributed by atoms with Crippen LogP contribution in [0.1, 0.15) is 6.42 Å². The molecule has 1 amide bonds. The number of amides is 1. The van der Waals surface area contributed by atoms with Gasteiger partial charge < -0.3 is 5.73 Å². The van der Waals surface area contributed by atoms with Crippen LogP contribution in [0.4, 0.5) is 0 Å². The number of hydrogen-bond donors (Lipinski definition) is 1. The molecule has 2 aliphatic heterocycles. The fourth-order valence-electron chi connectivity index (χ4n) is 3.78. The zero-order valence-electron chi connectivity index (χ0n) is 11.4. The SMILES string of the molecule is CN1C[C@H](C(N)=O)C=C2C3=CC=CC4=NC=C(C[C@H]21)C34. The van der Waals surface area contributed by atoms with E-state index in [9.17, 15) is 4.79 Å². The van der Waals surface area contributed by atoms with Gasteiger partial charge in [-0.1, -0.05) is 18.2 Å². The van der Waals surface area contributed by atoms with E-state index in [2.05, 4.69) is 41.2 Å². The number of fused-ring (bicyclic) bond motifs is 2. The first-order chi connectivity index (χ1) is 9.65. The Morgan fingerprint density at radius 3 is 3.10 bits per heavy atom. The Labute approximate surface area is 118 Å². The summed E-state index contributed by atoms with van der Waals surface area (Å²) >= 11 is 0. The predicted molar refractivity (Wildman–Crippen MR) is 78.0 cm³/mol. The van der Waals surface area contributed by atoms with Crippen LogP contribution in [0.25, 0.3) is 0 Å². The molecule has 0 radical (unpaired) electrons. The molecule has 20 heavy (non-hydrogen) atoms. The standard InChI is InChI=1S/C16H17N3O/c1-19-8-10(16(17)20)5-12-11-3-2-4-13-15(11)9(7-18-13)6-14(12)19/h2-5,7,10,14-15H,6,8H2,1H3,(H2,17,20)/t10-,14-,15?/m1/s1. The average Bonchev–Trinajstić information content (AvgIpc) is 2.84. The fourth-order valence-corrected chi connectivity index (χ4v) is 3.78. The fraction of sp³-hybridized carbons (Fsp3) is 0.375. The zero-order valence-corrected chi connectivity index (χ0v) is 11.4. The predicted octanol–water partition coefficient (Wildman–Crippen LogP) is 1.18. The zero-order chi connectivity index (χ0) is 13.9. The van der Waals surface area contributed by atoms with E-state index in [4.69, 9.17) is 5.73 Å². The smallest absolute Gasteiger partial charge is 0.225 e. The number of rotatable bonds is 1. The first-order valence-corrected chi connectivity index (χ1v) is 7.01. The molecule has 0 saturated heterocycles. The van der Waals surface area contributed by atoms with Crippen molar-refractivity contribution < 1.29 is 4.79 Å². The number of likely N-dealkylation sites (N-methyl/N-ethyl adjacent to an activating group) is 1. The van der Waals surface area contributed by atoms with Gasteiger partial charge in [0.25, 0.3) is 0 Å². The van der Waals surface area contributed by atoms with E-state index in [0.717, 1.165) is 12.1 Å². The topological polar surface area (TPSA) is 58.7 Å². The molecule has 0 spiro atoms. The van der Waals surface area contributed by atoms with Crippen LogP contribution in [0.2, 0.25) is 0 Å². The van der Waals surface area contributed by atoms with Crippen molar-refractivity contribution >= 4 is 11.6 Å². The summed E-state index contributed by atoms with van der Waals surface area (Å²) in [6.45, 7) is 0.707. The van der Waals surface area contributed by atoms with E-state index in [0.29, 0.717) is 18.5 Å². The molecule has 1 saturated carbocycles. The number of nitrogens with zero attached hydrogens (tertiary/aromatic N) is 2. The Morgan fingerprint density at radius 2 is 2.30 bits per heavy atom. The molecule has 0 aromatic rings. The quantitative estimate of drug-likeness (QED) is 0.775. The van der Waals surface area contributed by atoms with Crippen molar-refractivity contribution in [1.29, 1.82) is 0 Å². The van der Waals surface area contributed by atoms with Gasteiger partial charge in [-0.2, -0.15) is 0 Å². The minimum absolute atomic E-state index is 0.189. The lowest BCUT2D eigenvalue weighted by Crippen LogP contribution is -2.47. The first-order valence-electron chi connectivity index (χ1n) is 7.01. The molecular weight excluding hydrogens is 250 g/mol. The van der Waals surface area contributed by atoms with E-state index in [1.165, 1.54) is 16.7 Å². The van der Waals surface area contributed by atoms with Crippen molar-refractivity contribution in [2.24, 2.45) is 22.6 Å². The highest BCUT2D eigenvalue weighted by Gasteiger charge is 2.42. The average molecular weight is 267 g/mol. The summed E-state index contributed by atoms with van der Waals surface area (Å²) in [6.07, 6.45) is 11.4. The van der Waals surface area contributed by atoms with Gasteiger partial charge in [-0.15, -0.1) is 0 Å². The van der Waals surface area contributed by atoms with Crippen molar-refractivity contribution in [2.45, 2.75) is 12.5 Å². The van der Waals surface area contributed by atoms with Crippen LogP contribution in [-0.4, -0.2) is 36.2 Å². The molecule has 4 heteroatoms. The molecule has 0 bridgehead atoms. The highest BCUT2D eigenvalue weighted by atomic mass is 16.1. The second kappa shape index (κ2) is 4.03. The summed E-state index contributed by atoms with van der Waals surface area (Å²) in [5.74, 6) is -0.121. The maximum atomic E-state index is 11.6. The number of carbonyl (C=O) groups excluding carboxylic acids is 1. The first kappa shape index (κ1) is 11.9. The Kier molecular flexibility index (Phi) is 2.39. The lowest BCUT2D eigenvalue weighted by molar-refractivity contribution is -0.121. The van der Waals surface area contributed by atoms with E-state index >= 15 is 0 Å². The number of aliphatic imine (C=N–C) groups is 1. The van der Waals surface area contributed by atoms with Crippen LogP contribution in [0.5, 0.6) is 0 Å². The molecule has 3 atom stereocenters. The van der Waals surface area contributed by atoms with E-state index in [1.807, 2.05) is 6.20 Å². The summed E-state index contributed by atoms with van der Waals surface area (Å²) in [5, 5.41) is 0. The van der Waals surface area contributed by atoms with Gasteiger partial charge in [0.05, 0.1) is 11.6 Å². The van der Waals surface area contributed by atoms with E-state index < -0.39 is 0 Å². The Hall–Kier alpha value is -1.94. The molecule has 0 aromatic carbocycles. The number of primary amides is 1. The second-order valence-corrected chi connectivity index (χ2v) is 5.96. The lowest BCUT2D eigenvalue weighted by Gasteiger charge is -2.43. The normalized spacial score (nSPS) is 34.5. The summed E-state index contributed by atoms with van der Waals surface area (Å²) in [7, 11) is 2.07. The van der Waals surface area contributed by atoms with Gasteiger partial charge >= 0.3 is 0 Å². The minimum atomic E-state index is -0.239. The van der Waals surface area contributed by atoms with Crippen LogP contribution < -0.4 is 5.73 Å². The maximum Gasteiger partial charge on any atom is 0.225 e. The molecule has 2 N–H and O–H groups in total. The van der Waals surface area contributed by atoms with Gasteiger partial charge in [-0.3, -0.25) is 14.7 Å². The summed E-state index contributed by atoms with van der Waals surface area (Å²) in [6, 6.07) is 0.348. The molecule has 2 aliphatic carbocycles. The Morgan fingerprint density at radius 1 is 1.45 bits per heavy atom. The lowest BCUT2D eigenvalue weighted by atomic mass is 9.69. The third kappa shape index (κ3) is 1.51. The molecule has 2 heterocycles. The molecule has 4 rings (SSSR count). The van der Waals surface area contributed by atoms with Crippen molar-refractivity contribution in [3.63, 3.8) is 0 Å². The molecule has 1 unspecified atom stereocenters. The molecule has 102 valence electrons. The number of allylic oxidation sites excluding steroid dienone is 3. The molecule has 4 aliphatic rings. The summed E-state index contributed by atoms with van der Waals surface area (Å²) in [4.78, 5) is 18.3. The molecule has 4 nitrogen and oxygen atoms in total. The van der Waals surface area contributed by atoms with Crippen LogP contribution in [0.15, 0.2) is 52.2 Å². The third-order valence-electron chi connectivity index (χ3n) is 4.78. The van der Waals surface area contributed by atoms with Crippen LogP contribution in [0, 0.1) is 11.8 Å². The van der Waals surface area contributed by atoms with Crippen LogP contribution in [-0.2, 0) is 4.79 Å². The Bertz CT molecular complexity index is 651. The van der Waals surface area contributed by atoms with Crippen molar-refractivity contribution in [3.8, 4) is 0 Å². The highest BCUT2D eigenvalue weighted by molar-refractivity contribution is 6.05. The number of nitrogens with two attached hydrogens (primary N) is 1. The molecule has 1 fully saturated rings. The van der Waals surface area contributed by atoms with Gasteiger partial charge in [-0.05, 0) is 36.3 Å². The second-order valence-electron chi connectivity index (χ2n) is 5.96. The van der Waals surface area contributed by atoms with Crippen LogP contribution in [0.3, 0.4) is 0 Å². The van der Waals surface area contributed by atoms with Crippen molar-refractivity contribution in [3.05, 3.63) is 47.2 Å². The van der Waals surface area contributed by atoms with Gasteiger partial charge in [0.15, 0.2) is 0 Å². The summed E-state index contributed by atoms with van der Waals surface area (Å²) in [5.41, 5.74) is 10.6. The number of hydrogen-bond acceptors (Lipinski definition) is 3.